The van der Waals surface area contributed by atoms with Crippen LogP contribution in [0.15, 0.2) is 95.4 Å². The Hall–Kier alpha value is -4.66. The van der Waals surface area contributed by atoms with Crippen molar-refractivity contribution in [1.82, 2.24) is 9.97 Å². The Kier molecular flexibility index (Phi) is 6.83. The fourth-order valence-corrected chi connectivity index (χ4v) is 3.08. The Bertz CT molecular complexity index is 1290. The minimum absolute atomic E-state index is 0.0208. The van der Waals surface area contributed by atoms with Crippen LogP contribution in [0.5, 0.6) is 11.6 Å². The van der Waals surface area contributed by atoms with E-state index >= 15 is 0 Å². The van der Waals surface area contributed by atoms with Gasteiger partial charge in [0.2, 0.25) is 5.82 Å². The zero-order valence-corrected chi connectivity index (χ0v) is 18.6. The predicted molar refractivity (Wildman–Crippen MR) is 130 cm³/mol. The van der Waals surface area contributed by atoms with Crippen LogP contribution in [0.3, 0.4) is 0 Å². The monoisotopic (exact) mass is 454 g/mol. The van der Waals surface area contributed by atoms with E-state index < -0.39 is 4.92 Å². The molecule has 0 radical (unpaired) electrons. The molecule has 0 fully saturated rings. The molecule has 0 aliphatic carbocycles. The smallest absolute Gasteiger partial charge is 0.373 e. The number of hydrogen-bond donors (Lipinski definition) is 1. The molecule has 1 aromatic heterocycles. The summed E-state index contributed by atoms with van der Waals surface area (Å²) in [6, 6.07) is 23.7. The molecular weight excluding hydrogens is 432 g/mol. The van der Waals surface area contributed by atoms with Gasteiger partial charge in [0, 0.05) is 5.69 Å². The Morgan fingerprint density at radius 2 is 1.53 bits per heavy atom. The highest BCUT2D eigenvalue weighted by molar-refractivity contribution is 5.69. The van der Waals surface area contributed by atoms with Crippen molar-refractivity contribution in [2.24, 2.45) is 10.2 Å². The minimum Gasteiger partial charge on any atom is -0.434 e. The summed E-state index contributed by atoms with van der Waals surface area (Å²) in [5.41, 5.74) is 2.75. The lowest BCUT2D eigenvalue weighted by atomic mass is 10.0. The molecule has 170 valence electrons. The van der Waals surface area contributed by atoms with Crippen LogP contribution in [0.25, 0.3) is 0 Å². The average molecular weight is 454 g/mol. The van der Waals surface area contributed by atoms with Gasteiger partial charge in [-0.15, -0.1) is 0 Å². The summed E-state index contributed by atoms with van der Waals surface area (Å²) >= 11 is 0. The van der Waals surface area contributed by atoms with Crippen LogP contribution in [0.4, 0.5) is 28.6 Å². The number of nitrogens with zero attached hydrogens (tertiary/aromatic N) is 5. The Labute approximate surface area is 196 Å². The molecule has 0 atom stereocenters. The largest absolute Gasteiger partial charge is 0.434 e. The molecule has 3 aromatic carbocycles. The first-order valence-corrected chi connectivity index (χ1v) is 10.6. The zero-order chi connectivity index (χ0) is 23.9. The molecule has 34 heavy (non-hydrogen) atoms. The second-order valence-corrected chi connectivity index (χ2v) is 7.67. The maximum absolute atomic E-state index is 11.8. The first kappa shape index (κ1) is 22.5. The molecule has 4 rings (SSSR count). The number of aromatic nitrogens is 2. The van der Waals surface area contributed by atoms with Gasteiger partial charge in [-0.3, -0.25) is 10.1 Å². The van der Waals surface area contributed by atoms with E-state index in [2.05, 4.69) is 39.4 Å². The molecule has 0 spiro atoms. The highest BCUT2D eigenvalue weighted by Gasteiger charge is 2.25. The number of azo groups is 1. The molecule has 0 aliphatic heterocycles. The second-order valence-electron chi connectivity index (χ2n) is 7.67. The van der Waals surface area contributed by atoms with Crippen LogP contribution < -0.4 is 10.1 Å². The third-order valence-corrected chi connectivity index (χ3v) is 4.90. The molecule has 1 N–H and O–H groups in total. The van der Waals surface area contributed by atoms with Crippen LogP contribution >= 0.6 is 0 Å². The van der Waals surface area contributed by atoms with Crippen LogP contribution in [0.2, 0.25) is 0 Å². The van der Waals surface area contributed by atoms with Gasteiger partial charge in [-0.1, -0.05) is 44.2 Å². The van der Waals surface area contributed by atoms with E-state index in [9.17, 15) is 10.1 Å². The molecule has 0 unspecified atom stereocenters. The van der Waals surface area contributed by atoms with E-state index in [0.29, 0.717) is 23.0 Å². The fraction of sp³-hybridized carbons (Fsp3) is 0.120. The third kappa shape index (κ3) is 5.57. The van der Waals surface area contributed by atoms with E-state index in [1.807, 2.05) is 42.5 Å². The Balaban J connectivity index is 1.52. The normalized spacial score (nSPS) is 11.0. The van der Waals surface area contributed by atoms with E-state index in [1.165, 1.54) is 6.33 Å². The molecular formula is C25H22N6O3. The lowest BCUT2D eigenvalue weighted by Gasteiger charge is -2.10. The SMILES string of the molecule is CC(C)c1ccc(Oc2ncnc(Nc3ccc(N=Nc4ccccc4)cc3)c2[N+](=O)[O-])cc1. The highest BCUT2D eigenvalue weighted by atomic mass is 16.6. The quantitative estimate of drug-likeness (QED) is 0.168. The number of hydrogen-bond acceptors (Lipinski definition) is 8. The first-order chi connectivity index (χ1) is 16.5. The molecule has 9 nitrogen and oxygen atoms in total. The van der Waals surface area contributed by atoms with Crippen molar-refractivity contribution in [1.29, 1.82) is 0 Å². The highest BCUT2D eigenvalue weighted by Crippen LogP contribution is 2.36. The summed E-state index contributed by atoms with van der Waals surface area (Å²) in [4.78, 5) is 19.3. The molecule has 1 heterocycles. The number of nitro groups is 1. The lowest BCUT2D eigenvalue weighted by molar-refractivity contribution is -0.385. The van der Waals surface area contributed by atoms with Gasteiger partial charge in [-0.2, -0.15) is 15.2 Å². The maximum Gasteiger partial charge on any atom is 0.373 e. The van der Waals surface area contributed by atoms with E-state index in [0.717, 1.165) is 11.3 Å². The summed E-state index contributed by atoms with van der Waals surface area (Å²) in [6.45, 7) is 4.17. The molecule has 0 saturated heterocycles. The summed E-state index contributed by atoms with van der Waals surface area (Å²) < 4.78 is 5.72. The third-order valence-electron chi connectivity index (χ3n) is 4.90. The van der Waals surface area contributed by atoms with Crippen LogP contribution in [-0.4, -0.2) is 14.9 Å². The molecule has 9 heteroatoms. The number of benzene rings is 3. The van der Waals surface area contributed by atoms with E-state index in [4.69, 9.17) is 4.74 Å². The van der Waals surface area contributed by atoms with Crippen molar-refractivity contribution in [2.75, 3.05) is 5.32 Å². The first-order valence-electron chi connectivity index (χ1n) is 10.6. The standard InChI is InChI=1S/C25H22N6O3/c1-17(2)18-8-14-22(15-9-18)34-25-23(31(32)33)24(26-16-27-25)28-19-10-12-21(13-11-19)30-29-20-6-4-3-5-7-20/h3-17H,1-2H3,(H,26,27,28). The van der Waals surface area contributed by atoms with Crippen LogP contribution in [0, 0.1) is 10.1 Å². The molecule has 0 saturated carbocycles. The Morgan fingerprint density at radius 3 is 2.15 bits per heavy atom. The summed E-state index contributed by atoms with van der Waals surface area (Å²) in [7, 11) is 0. The molecule has 0 amide bonds. The van der Waals surface area contributed by atoms with Crippen molar-refractivity contribution in [3.63, 3.8) is 0 Å². The van der Waals surface area contributed by atoms with Crippen molar-refractivity contribution >= 4 is 28.6 Å². The number of nitrogens with one attached hydrogen (secondary N) is 1. The van der Waals surface area contributed by atoms with Crippen molar-refractivity contribution < 1.29 is 9.66 Å². The van der Waals surface area contributed by atoms with E-state index in [-0.39, 0.29) is 17.4 Å². The fourth-order valence-electron chi connectivity index (χ4n) is 3.08. The van der Waals surface area contributed by atoms with Crippen molar-refractivity contribution in [3.8, 4) is 11.6 Å². The molecule has 0 bridgehead atoms. The topological polar surface area (TPSA) is 115 Å². The maximum atomic E-state index is 11.8. The zero-order valence-electron chi connectivity index (χ0n) is 18.6. The summed E-state index contributed by atoms with van der Waals surface area (Å²) in [5, 5.41) is 23.1. The number of anilines is 2. The van der Waals surface area contributed by atoms with Gasteiger partial charge in [-0.05, 0) is 60.0 Å². The average Bonchev–Trinajstić information content (AvgIpc) is 2.84. The van der Waals surface area contributed by atoms with Crippen LogP contribution in [0.1, 0.15) is 25.3 Å². The Morgan fingerprint density at radius 1 is 0.882 bits per heavy atom. The number of rotatable bonds is 8. The molecule has 0 aliphatic rings. The van der Waals surface area contributed by atoms with Gasteiger partial charge in [0.25, 0.3) is 0 Å². The number of ether oxygens (including phenoxy) is 1. The van der Waals surface area contributed by atoms with Crippen molar-refractivity contribution in [3.05, 3.63) is 101 Å². The molecule has 4 aromatic rings. The minimum atomic E-state index is -0.567. The van der Waals surface area contributed by atoms with Gasteiger partial charge >= 0.3 is 11.6 Å². The van der Waals surface area contributed by atoms with Gasteiger partial charge in [0.05, 0.1) is 16.3 Å². The lowest BCUT2D eigenvalue weighted by Crippen LogP contribution is -2.03. The second kappa shape index (κ2) is 10.3. The van der Waals surface area contributed by atoms with E-state index in [1.54, 1.807) is 36.4 Å². The summed E-state index contributed by atoms with van der Waals surface area (Å²) in [5.74, 6) is 0.690. The van der Waals surface area contributed by atoms with Gasteiger partial charge in [0.15, 0.2) is 0 Å². The predicted octanol–water partition coefficient (Wildman–Crippen LogP) is 7.46. The van der Waals surface area contributed by atoms with Gasteiger partial charge in [0.1, 0.15) is 12.1 Å². The van der Waals surface area contributed by atoms with Crippen molar-refractivity contribution in [2.45, 2.75) is 19.8 Å². The van der Waals surface area contributed by atoms with Crippen LogP contribution in [-0.2, 0) is 0 Å². The van der Waals surface area contributed by atoms with Gasteiger partial charge < -0.3 is 10.1 Å². The summed E-state index contributed by atoms with van der Waals surface area (Å²) in [6.07, 6.45) is 1.22. The van der Waals surface area contributed by atoms with Gasteiger partial charge in [-0.25, -0.2) is 4.98 Å².